The molecule has 0 bridgehead atoms. The molecule has 15 heteroatoms. The Morgan fingerprint density at radius 2 is 1.89 bits per heavy atom. The molecule has 45 heavy (non-hydrogen) atoms. The van der Waals surface area contributed by atoms with Crippen molar-refractivity contribution in [3.05, 3.63) is 82.0 Å². The van der Waals surface area contributed by atoms with Gasteiger partial charge in [0.2, 0.25) is 5.91 Å². The second-order valence-electron chi connectivity index (χ2n) is 11.7. The fraction of sp³-hybridized carbons (Fsp3) is 0.300. The number of nitrogens with zero attached hydrogens (tertiary/aromatic N) is 6. The van der Waals surface area contributed by atoms with E-state index >= 15 is 4.39 Å². The first-order valence-corrected chi connectivity index (χ1v) is 17.3. The van der Waals surface area contributed by atoms with Gasteiger partial charge in [-0.2, -0.15) is 4.98 Å². The molecule has 3 aromatic heterocycles. The number of piperazine rings is 1. The van der Waals surface area contributed by atoms with Crippen LogP contribution in [0, 0.1) is 11.6 Å². The van der Waals surface area contributed by atoms with Crippen LogP contribution < -0.4 is 10.6 Å². The lowest BCUT2D eigenvalue weighted by atomic mass is 10.1. The Morgan fingerprint density at radius 1 is 1.18 bits per heavy atom. The van der Waals surface area contributed by atoms with Gasteiger partial charge in [-0.3, -0.25) is 9.78 Å². The Labute approximate surface area is 266 Å². The zero-order chi connectivity index (χ0) is 33.0. The van der Waals surface area contributed by atoms with Gasteiger partial charge in [-0.05, 0) is 37.1 Å². The van der Waals surface area contributed by atoms with Crippen LogP contribution in [0.1, 0.15) is 32.4 Å². The van der Waals surface area contributed by atoms with Crippen molar-refractivity contribution < 1.29 is 22.0 Å². The fourth-order valence-electron chi connectivity index (χ4n) is 5.65. The molecule has 1 aromatic carbocycles. The third kappa shape index (κ3) is 5.77. The van der Waals surface area contributed by atoms with Gasteiger partial charge in [-0.25, -0.2) is 31.5 Å². The SMILES string of the molecule is C=CC(=O)N1CCN(c2nc(=O)n(-c3c(S(C)(=O)=O)ccnc3C(C)C)c3nc(-c4cccc(F)c4Cl)c(F)cc23)[C@@](C)([SiH3])C1. The minimum atomic E-state index is -3.92. The van der Waals surface area contributed by atoms with Gasteiger partial charge in [-0.15, -0.1) is 0 Å². The number of rotatable bonds is 6. The highest BCUT2D eigenvalue weighted by Gasteiger charge is 2.38. The van der Waals surface area contributed by atoms with Crippen molar-refractivity contribution in [1.29, 1.82) is 0 Å². The zero-order valence-electron chi connectivity index (χ0n) is 25.3. The number of sulfone groups is 1. The Balaban J connectivity index is 1.91. The number of pyridine rings is 2. The molecule has 4 heterocycles. The van der Waals surface area contributed by atoms with Crippen LogP contribution in [0.3, 0.4) is 0 Å². The summed E-state index contributed by atoms with van der Waals surface area (Å²) in [7, 11) is -3.41. The summed E-state index contributed by atoms with van der Waals surface area (Å²) >= 11 is 6.24. The fourth-order valence-corrected chi connectivity index (χ4v) is 7.54. The summed E-state index contributed by atoms with van der Waals surface area (Å²) in [6.45, 7) is 9.92. The lowest BCUT2D eigenvalue weighted by molar-refractivity contribution is -0.127. The summed E-state index contributed by atoms with van der Waals surface area (Å²) in [4.78, 5) is 43.2. The molecular weight excluding hydrogens is 642 g/mol. The Morgan fingerprint density at radius 3 is 2.51 bits per heavy atom. The summed E-state index contributed by atoms with van der Waals surface area (Å²) < 4.78 is 57.6. The molecule has 1 saturated heterocycles. The maximum absolute atomic E-state index is 16.0. The van der Waals surface area contributed by atoms with E-state index in [1.807, 2.05) is 11.8 Å². The smallest absolute Gasteiger partial charge is 0.351 e. The van der Waals surface area contributed by atoms with Gasteiger partial charge >= 0.3 is 5.69 Å². The second kappa shape index (κ2) is 11.7. The van der Waals surface area contributed by atoms with Crippen molar-refractivity contribution >= 4 is 54.4 Å². The lowest BCUT2D eigenvalue weighted by Crippen LogP contribution is -2.63. The van der Waals surface area contributed by atoms with Gasteiger partial charge in [0.05, 0.1) is 26.7 Å². The molecule has 0 N–H and O–H groups in total. The van der Waals surface area contributed by atoms with Crippen LogP contribution in [0.5, 0.6) is 0 Å². The predicted molar refractivity (Wildman–Crippen MR) is 173 cm³/mol. The van der Waals surface area contributed by atoms with Crippen LogP contribution in [-0.2, 0) is 14.6 Å². The number of carbonyl (C=O) groups excluding carboxylic acids is 1. The second-order valence-corrected chi connectivity index (χ2v) is 16.3. The number of hydrogen-bond acceptors (Lipinski definition) is 8. The van der Waals surface area contributed by atoms with E-state index in [4.69, 9.17) is 11.6 Å². The van der Waals surface area contributed by atoms with Gasteiger partial charge < -0.3 is 9.80 Å². The molecule has 1 amide bonds. The molecule has 1 fully saturated rings. The van der Waals surface area contributed by atoms with E-state index in [9.17, 15) is 22.4 Å². The highest BCUT2D eigenvalue weighted by atomic mass is 35.5. The highest BCUT2D eigenvalue weighted by molar-refractivity contribution is 7.90. The third-order valence-corrected chi connectivity index (χ3v) is 10.1. The number of carbonyl (C=O) groups is 1. The van der Waals surface area contributed by atoms with Gasteiger partial charge in [-0.1, -0.05) is 44.2 Å². The number of amides is 1. The molecular formula is C30H31ClF2N6O4SSi. The lowest BCUT2D eigenvalue weighted by Gasteiger charge is -2.48. The highest BCUT2D eigenvalue weighted by Crippen LogP contribution is 2.37. The maximum atomic E-state index is 16.0. The number of fused-ring (bicyclic) bond motifs is 1. The third-order valence-electron chi connectivity index (χ3n) is 7.74. The molecule has 0 radical (unpaired) electrons. The van der Waals surface area contributed by atoms with E-state index in [-0.39, 0.29) is 67.8 Å². The minimum absolute atomic E-state index is 0.0590. The van der Waals surface area contributed by atoms with E-state index in [2.05, 4.69) is 21.5 Å². The van der Waals surface area contributed by atoms with Crippen molar-refractivity contribution in [3.63, 3.8) is 0 Å². The van der Waals surface area contributed by atoms with Gasteiger partial charge in [0, 0.05) is 53.1 Å². The quantitative estimate of drug-likeness (QED) is 0.226. The summed E-state index contributed by atoms with van der Waals surface area (Å²) in [5.41, 5.74) is -1.19. The van der Waals surface area contributed by atoms with Crippen molar-refractivity contribution in [2.75, 3.05) is 30.8 Å². The minimum Gasteiger partial charge on any atom is -0.351 e. The average Bonchev–Trinajstić information content (AvgIpc) is 2.96. The number of aromatic nitrogens is 4. The van der Waals surface area contributed by atoms with Crippen LogP contribution in [-0.4, -0.2) is 80.0 Å². The molecule has 5 rings (SSSR count). The number of hydrogen-bond donors (Lipinski definition) is 0. The first-order chi connectivity index (χ1) is 21.1. The van der Waals surface area contributed by atoms with Crippen molar-refractivity contribution in [2.45, 2.75) is 36.7 Å². The summed E-state index contributed by atoms with van der Waals surface area (Å²) in [5, 5.41) is -0.916. The van der Waals surface area contributed by atoms with E-state index in [1.165, 1.54) is 30.5 Å². The van der Waals surface area contributed by atoms with E-state index in [0.717, 1.165) is 23.0 Å². The van der Waals surface area contributed by atoms with Gasteiger partial charge in [0.1, 0.15) is 23.1 Å². The van der Waals surface area contributed by atoms with E-state index in [1.54, 1.807) is 18.7 Å². The maximum Gasteiger partial charge on any atom is 0.355 e. The zero-order valence-corrected chi connectivity index (χ0v) is 28.9. The monoisotopic (exact) mass is 672 g/mol. The van der Waals surface area contributed by atoms with E-state index < -0.39 is 32.3 Å². The van der Waals surface area contributed by atoms with Crippen LogP contribution in [0.25, 0.3) is 28.0 Å². The number of halogens is 3. The molecule has 0 unspecified atom stereocenters. The Bertz CT molecular complexity index is 2050. The van der Waals surface area contributed by atoms with Crippen LogP contribution in [0.2, 0.25) is 5.02 Å². The van der Waals surface area contributed by atoms with Crippen molar-refractivity contribution in [3.8, 4) is 16.9 Å². The molecule has 0 saturated carbocycles. The Hall–Kier alpha value is -4.01. The van der Waals surface area contributed by atoms with Crippen molar-refractivity contribution in [1.82, 2.24) is 24.4 Å². The van der Waals surface area contributed by atoms with Gasteiger partial charge in [0.15, 0.2) is 15.5 Å². The molecule has 10 nitrogen and oxygen atoms in total. The first-order valence-electron chi connectivity index (χ1n) is 14.0. The molecule has 0 aliphatic carbocycles. The number of anilines is 1. The topological polar surface area (TPSA) is 118 Å². The largest absolute Gasteiger partial charge is 0.355 e. The van der Waals surface area contributed by atoms with Crippen molar-refractivity contribution in [2.24, 2.45) is 0 Å². The first kappa shape index (κ1) is 32.4. The summed E-state index contributed by atoms with van der Waals surface area (Å²) in [6.07, 6.45) is 3.58. The summed E-state index contributed by atoms with van der Waals surface area (Å²) in [5.74, 6) is -2.12. The average molecular weight is 673 g/mol. The molecule has 236 valence electrons. The molecule has 1 aliphatic rings. The molecule has 1 atom stereocenters. The Kier molecular flexibility index (Phi) is 8.44. The van der Waals surface area contributed by atoms with E-state index in [0.29, 0.717) is 23.3 Å². The normalized spacial score (nSPS) is 17.3. The molecule has 0 spiro atoms. The van der Waals surface area contributed by atoms with Crippen LogP contribution in [0.15, 0.2) is 58.9 Å². The standard InChI is InChI=1S/C30H31ClF2N6O4SSi/c1-6-22(40)37-12-13-38(30(4,45)15-37)27-18-14-20(33)25(17-8-7-9-19(32)23(17)31)35-28(18)39(29(41)36-27)26-21(44(5,42)43)10-11-34-24(26)16(2)3/h6-11,14,16H,1,12-13,15H2,2-5,45H3/t30-/m0/s1. The van der Waals surface area contributed by atoms with Crippen LogP contribution >= 0.6 is 11.6 Å². The molecule has 4 aromatic rings. The molecule has 1 aliphatic heterocycles. The van der Waals surface area contributed by atoms with Gasteiger partial charge in [0.25, 0.3) is 0 Å². The number of benzene rings is 1. The van der Waals surface area contributed by atoms with Crippen LogP contribution in [0.4, 0.5) is 14.6 Å². The summed E-state index contributed by atoms with van der Waals surface area (Å²) in [6, 6.07) is 6.28. The predicted octanol–water partition coefficient (Wildman–Crippen LogP) is 3.22.